The van der Waals surface area contributed by atoms with Gasteiger partial charge in [-0.1, -0.05) is 24.3 Å². The van der Waals surface area contributed by atoms with Gasteiger partial charge in [0.1, 0.15) is 5.82 Å². The number of carbonyl (C=O) groups excluding carboxylic acids is 1. The molecule has 0 saturated carbocycles. The Morgan fingerprint density at radius 3 is 2.54 bits per heavy atom. The predicted octanol–water partition coefficient (Wildman–Crippen LogP) is 3.00. The van der Waals surface area contributed by atoms with Crippen LogP contribution in [0.25, 0.3) is 11.3 Å². The van der Waals surface area contributed by atoms with Crippen LogP contribution >= 0.6 is 0 Å². The van der Waals surface area contributed by atoms with Gasteiger partial charge >= 0.3 is 0 Å². The molecule has 1 fully saturated rings. The molecule has 4 rings (SSSR count). The number of carbonyl (C=O) groups is 1. The van der Waals surface area contributed by atoms with Gasteiger partial charge in [-0.15, -0.1) is 0 Å². The van der Waals surface area contributed by atoms with Gasteiger partial charge in [-0.3, -0.25) is 9.89 Å². The van der Waals surface area contributed by atoms with Gasteiger partial charge in [0.25, 0.3) is 5.91 Å². The van der Waals surface area contributed by atoms with E-state index in [1.807, 2.05) is 35.2 Å². The molecule has 2 aromatic carbocycles. The number of aromatic nitrogens is 2. The molecule has 3 aromatic rings. The lowest BCUT2D eigenvalue weighted by Gasteiger charge is -2.36. The van der Waals surface area contributed by atoms with Gasteiger partial charge in [-0.05, 0) is 41.5 Å². The molecule has 132 valence electrons. The summed E-state index contributed by atoms with van der Waals surface area (Å²) in [5.74, 6) is -0.290. The number of piperazine rings is 1. The molecular formula is C20H19FN4O. The van der Waals surface area contributed by atoms with Crippen LogP contribution in [0.3, 0.4) is 0 Å². The molecular weight excluding hydrogens is 331 g/mol. The molecule has 0 bridgehead atoms. The van der Waals surface area contributed by atoms with Crippen LogP contribution in [0.4, 0.5) is 4.39 Å². The first-order valence-corrected chi connectivity index (χ1v) is 8.59. The smallest absolute Gasteiger partial charge is 0.254 e. The molecule has 1 amide bonds. The Kier molecular flexibility index (Phi) is 4.50. The van der Waals surface area contributed by atoms with Crippen molar-refractivity contribution < 1.29 is 9.18 Å². The fourth-order valence-electron chi connectivity index (χ4n) is 3.30. The zero-order valence-corrected chi connectivity index (χ0v) is 14.2. The maximum absolute atomic E-state index is 13.2. The first-order chi connectivity index (χ1) is 12.7. The SMILES string of the molecule is O=C(c1ccc(-c2ccn[nH]2)cc1)N1CCNCC1c1ccc(F)cc1. The molecule has 2 N–H and O–H groups in total. The highest BCUT2D eigenvalue weighted by Crippen LogP contribution is 2.25. The lowest BCUT2D eigenvalue weighted by molar-refractivity contribution is 0.0634. The topological polar surface area (TPSA) is 61.0 Å². The van der Waals surface area contributed by atoms with Crippen LogP contribution in [-0.4, -0.2) is 40.6 Å². The largest absolute Gasteiger partial charge is 0.329 e. The van der Waals surface area contributed by atoms with Gasteiger partial charge in [0, 0.05) is 31.4 Å². The van der Waals surface area contributed by atoms with E-state index in [0.29, 0.717) is 18.7 Å². The third kappa shape index (κ3) is 3.23. The Hall–Kier alpha value is -2.99. The number of benzene rings is 2. The van der Waals surface area contributed by atoms with Crippen molar-refractivity contribution in [3.05, 3.63) is 77.7 Å². The monoisotopic (exact) mass is 350 g/mol. The van der Waals surface area contributed by atoms with Gasteiger partial charge in [0.05, 0.1) is 11.7 Å². The average Bonchev–Trinajstić information content (AvgIpc) is 3.23. The number of hydrogen-bond acceptors (Lipinski definition) is 3. The van der Waals surface area contributed by atoms with Gasteiger partial charge in [0.15, 0.2) is 0 Å². The van der Waals surface area contributed by atoms with Crippen molar-refractivity contribution in [3.63, 3.8) is 0 Å². The number of hydrogen-bond donors (Lipinski definition) is 2. The van der Waals surface area contributed by atoms with E-state index >= 15 is 0 Å². The molecule has 1 atom stereocenters. The molecule has 1 saturated heterocycles. The van der Waals surface area contributed by atoms with E-state index in [2.05, 4.69) is 15.5 Å². The Morgan fingerprint density at radius 2 is 1.85 bits per heavy atom. The molecule has 1 aliphatic rings. The van der Waals surface area contributed by atoms with Crippen molar-refractivity contribution in [1.82, 2.24) is 20.4 Å². The third-order valence-electron chi connectivity index (χ3n) is 4.70. The molecule has 1 aliphatic heterocycles. The van der Waals surface area contributed by atoms with Crippen LogP contribution in [0.1, 0.15) is 22.0 Å². The Labute approximate surface area is 150 Å². The summed E-state index contributed by atoms with van der Waals surface area (Å²) in [6.07, 6.45) is 1.70. The number of aromatic amines is 1. The number of nitrogens with zero attached hydrogens (tertiary/aromatic N) is 2. The standard InChI is InChI=1S/C20H19FN4O/c21-17-7-5-15(6-8-17)19-13-22-11-12-25(19)20(26)16-3-1-14(2-4-16)18-9-10-23-24-18/h1-10,19,22H,11-13H2,(H,23,24). The van der Waals surface area contributed by atoms with Crippen molar-refractivity contribution in [2.24, 2.45) is 0 Å². The molecule has 6 heteroatoms. The van der Waals surface area contributed by atoms with E-state index in [-0.39, 0.29) is 17.8 Å². The van der Waals surface area contributed by atoms with E-state index in [0.717, 1.165) is 23.4 Å². The fraction of sp³-hybridized carbons (Fsp3) is 0.200. The normalized spacial score (nSPS) is 17.3. The molecule has 0 spiro atoms. The highest BCUT2D eigenvalue weighted by atomic mass is 19.1. The van der Waals surface area contributed by atoms with E-state index in [1.165, 1.54) is 12.1 Å². The van der Waals surface area contributed by atoms with Crippen LogP contribution in [0.2, 0.25) is 0 Å². The van der Waals surface area contributed by atoms with Crippen molar-refractivity contribution >= 4 is 5.91 Å². The lowest BCUT2D eigenvalue weighted by atomic mass is 10.0. The second-order valence-corrected chi connectivity index (χ2v) is 6.32. The maximum atomic E-state index is 13.2. The summed E-state index contributed by atoms with van der Waals surface area (Å²) in [5.41, 5.74) is 3.47. The zero-order chi connectivity index (χ0) is 17.9. The van der Waals surface area contributed by atoms with E-state index in [1.54, 1.807) is 18.3 Å². The van der Waals surface area contributed by atoms with E-state index < -0.39 is 0 Å². The molecule has 5 nitrogen and oxygen atoms in total. The first-order valence-electron chi connectivity index (χ1n) is 8.59. The first kappa shape index (κ1) is 16.5. The average molecular weight is 350 g/mol. The number of rotatable bonds is 3. The second-order valence-electron chi connectivity index (χ2n) is 6.32. The van der Waals surface area contributed by atoms with Crippen molar-refractivity contribution in [2.45, 2.75) is 6.04 Å². The molecule has 26 heavy (non-hydrogen) atoms. The summed E-state index contributed by atoms with van der Waals surface area (Å²) in [6, 6.07) is 15.6. The third-order valence-corrected chi connectivity index (χ3v) is 4.70. The number of amides is 1. The quantitative estimate of drug-likeness (QED) is 0.763. The number of halogens is 1. The number of nitrogens with one attached hydrogen (secondary N) is 2. The summed E-state index contributed by atoms with van der Waals surface area (Å²) in [4.78, 5) is 14.9. The summed E-state index contributed by atoms with van der Waals surface area (Å²) in [7, 11) is 0. The minimum atomic E-state index is -0.273. The fourth-order valence-corrected chi connectivity index (χ4v) is 3.30. The minimum Gasteiger partial charge on any atom is -0.329 e. The van der Waals surface area contributed by atoms with Crippen LogP contribution in [0, 0.1) is 5.82 Å². The summed E-state index contributed by atoms with van der Waals surface area (Å²) in [5, 5.41) is 10.2. The van der Waals surface area contributed by atoms with E-state index in [4.69, 9.17) is 0 Å². The summed E-state index contributed by atoms with van der Waals surface area (Å²) >= 11 is 0. The molecule has 0 aliphatic carbocycles. The molecule has 1 unspecified atom stereocenters. The molecule has 2 heterocycles. The van der Waals surface area contributed by atoms with Crippen LogP contribution < -0.4 is 5.32 Å². The van der Waals surface area contributed by atoms with Gasteiger partial charge in [-0.25, -0.2) is 4.39 Å². The van der Waals surface area contributed by atoms with Crippen LogP contribution in [0.15, 0.2) is 60.8 Å². The lowest BCUT2D eigenvalue weighted by Crippen LogP contribution is -2.48. The Morgan fingerprint density at radius 1 is 1.08 bits per heavy atom. The predicted molar refractivity (Wildman–Crippen MR) is 97.1 cm³/mol. The van der Waals surface area contributed by atoms with Gasteiger partial charge in [-0.2, -0.15) is 5.10 Å². The summed E-state index contributed by atoms with van der Waals surface area (Å²) in [6.45, 7) is 2.02. The molecule has 0 radical (unpaired) electrons. The minimum absolute atomic E-state index is 0.0167. The Bertz CT molecular complexity index is 875. The zero-order valence-electron chi connectivity index (χ0n) is 14.2. The van der Waals surface area contributed by atoms with Crippen molar-refractivity contribution in [1.29, 1.82) is 0 Å². The number of H-pyrrole nitrogens is 1. The maximum Gasteiger partial charge on any atom is 0.254 e. The highest BCUT2D eigenvalue weighted by Gasteiger charge is 2.28. The second kappa shape index (κ2) is 7.09. The van der Waals surface area contributed by atoms with Gasteiger partial charge in [0.2, 0.25) is 0 Å². The highest BCUT2D eigenvalue weighted by molar-refractivity contribution is 5.95. The van der Waals surface area contributed by atoms with E-state index in [9.17, 15) is 9.18 Å². The summed E-state index contributed by atoms with van der Waals surface area (Å²) < 4.78 is 13.2. The van der Waals surface area contributed by atoms with Crippen LogP contribution in [0.5, 0.6) is 0 Å². The van der Waals surface area contributed by atoms with Crippen LogP contribution in [-0.2, 0) is 0 Å². The van der Waals surface area contributed by atoms with Crippen molar-refractivity contribution in [2.75, 3.05) is 19.6 Å². The van der Waals surface area contributed by atoms with Crippen molar-refractivity contribution in [3.8, 4) is 11.3 Å². The van der Waals surface area contributed by atoms with Gasteiger partial charge < -0.3 is 10.2 Å². The molecule has 1 aromatic heterocycles. The Balaban J connectivity index is 1.58.